The van der Waals surface area contributed by atoms with Crippen LogP contribution < -0.4 is 10.2 Å². The topological polar surface area (TPSA) is 73.2 Å². The number of rotatable bonds is 3. The number of carbonyl (C=O) groups is 2. The number of nitriles is 1. The monoisotopic (exact) mass is 365 g/mol. The van der Waals surface area contributed by atoms with Gasteiger partial charge in [0.15, 0.2) is 0 Å². The highest BCUT2D eigenvalue weighted by Crippen LogP contribution is 2.39. The van der Waals surface area contributed by atoms with E-state index in [1.165, 1.54) is 0 Å². The van der Waals surface area contributed by atoms with Crippen molar-refractivity contribution in [3.63, 3.8) is 0 Å². The van der Waals surface area contributed by atoms with Crippen LogP contribution in [-0.2, 0) is 9.59 Å². The Bertz CT molecular complexity index is 973. The molecule has 0 aromatic heterocycles. The van der Waals surface area contributed by atoms with Crippen LogP contribution in [-0.4, -0.2) is 17.9 Å². The number of amides is 2. The third kappa shape index (κ3) is 2.96. The quantitative estimate of drug-likeness (QED) is 0.659. The normalized spacial score (nSPS) is 14.9. The number of halogens is 1. The van der Waals surface area contributed by atoms with Gasteiger partial charge in [0, 0.05) is 11.6 Å². The number of hydrogen-bond acceptors (Lipinski definition) is 3. The van der Waals surface area contributed by atoms with Gasteiger partial charge in [-0.15, -0.1) is 0 Å². The summed E-state index contributed by atoms with van der Waals surface area (Å²) in [6.45, 7) is 3.76. The van der Waals surface area contributed by atoms with E-state index < -0.39 is 5.91 Å². The van der Waals surface area contributed by atoms with Gasteiger partial charge in [-0.25, -0.2) is 0 Å². The Balaban J connectivity index is 2.09. The second kappa shape index (κ2) is 7.03. The van der Waals surface area contributed by atoms with Crippen molar-refractivity contribution in [1.29, 1.82) is 5.26 Å². The molecule has 0 bridgehead atoms. The summed E-state index contributed by atoms with van der Waals surface area (Å²) >= 11 is 6.06. The van der Waals surface area contributed by atoms with Crippen LogP contribution in [0.3, 0.4) is 0 Å². The molecule has 2 aromatic carbocycles. The molecule has 3 rings (SSSR count). The molecule has 1 aliphatic heterocycles. The van der Waals surface area contributed by atoms with Gasteiger partial charge in [0.1, 0.15) is 11.6 Å². The standard InChI is InChI=1S/C20H16ClN3O2/c1-12(2)24-17-10-6-3-7-13(17)18(20(24)26)14(11-22)19(25)23-16-9-5-4-8-15(16)21/h3-10,12H,1-2H3,(H,23,25). The second-order valence-corrected chi connectivity index (χ2v) is 6.49. The summed E-state index contributed by atoms with van der Waals surface area (Å²) in [4.78, 5) is 27.2. The van der Waals surface area contributed by atoms with Crippen LogP contribution in [0.2, 0.25) is 5.02 Å². The van der Waals surface area contributed by atoms with Crippen molar-refractivity contribution < 1.29 is 9.59 Å². The number of fused-ring (bicyclic) bond motifs is 1. The molecule has 1 N–H and O–H groups in total. The summed E-state index contributed by atoms with van der Waals surface area (Å²) in [7, 11) is 0. The number of nitrogens with zero attached hydrogens (tertiary/aromatic N) is 2. The molecular formula is C20H16ClN3O2. The Kier molecular flexibility index (Phi) is 4.79. The zero-order valence-corrected chi connectivity index (χ0v) is 15.0. The van der Waals surface area contributed by atoms with Gasteiger partial charge in [-0.1, -0.05) is 41.9 Å². The van der Waals surface area contributed by atoms with Crippen molar-refractivity contribution >= 4 is 40.4 Å². The van der Waals surface area contributed by atoms with Gasteiger partial charge in [-0.3, -0.25) is 9.59 Å². The van der Waals surface area contributed by atoms with Crippen LogP contribution in [0.4, 0.5) is 11.4 Å². The van der Waals surface area contributed by atoms with Crippen molar-refractivity contribution in [3.8, 4) is 6.07 Å². The molecule has 0 unspecified atom stereocenters. The predicted molar refractivity (Wildman–Crippen MR) is 102 cm³/mol. The van der Waals surface area contributed by atoms with E-state index in [1.807, 2.05) is 26.0 Å². The summed E-state index contributed by atoms with van der Waals surface area (Å²) < 4.78 is 0. The van der Waals surface area contributed by atoms with Crippen LogP contribution in [0.5, 0.6) is 0 Å². The Morgan fingerprint density at radius 3 is 2.46 bits per heavy atom. The number of nitrogens with one attached hydrogen (secondary N) is 1. The SMILES string of the molecule is CC(C)N1C(=O)C(=C(C#N)C(=O)Nc2ccccc2Cl)c2ccccc21. The smallest absolute Gasteiger partial charge is 0.267 e. The molecule has 0 spiro atoms. The fourth-order valence-electron chi connectivity index (χ4n) is 2.96. The summed E-state index contributed by atoms with van der Waals surface area (Å²) in [5.41, 5.74) is 1.54. The van der Waals surface area contributed by atoms with Crippen LogP contribution >= 0.6 is 11.6 Å². The van der Waals surface area contributed by atoms with E-state index in [0.29, 0.717) is 22.0 Å². The van der Waals surface area contributed by atoms with Gasteiger partial charge in [-0.2, -0.15) is 5.26 Å². The van der Waals surface area contributed by atoms with Crippen LogP contribution in [0, 0.1) is 11.3 Å². The van der Waals surface area contributed by atoms with Crippen molar-refractivity contribution in [2.75, 3.05) is 10.2 Å². The van der Waals surface area contributed by atoms with Gasteiger partial charge >= 0.3 is 0 Å². The number of anilines is 2. The van der Waals surface area contributed by atoms with E-state index in [2.05, 4.69) is 5.32 Å². The molecule has 0 fully saturated rings. The maximum atomic E-state index is 12.9. The summed E-state index contributed by atoms with van der Waals surface area (Å²) in [6.07, 6.45) is 0. The highest BCUT2D eigenvalue weighted by Gasteiger charge is 2.37. The second-order valence-electron chi connectivity index (χ2n) is 6.08. The van der Waals surface area contributed by atoms with E-state index in [0.717, 1.165) is 0 Å². The van der Waals surface area contributed by atoms with Crippen LogP contribution in [0.1, 0.15) is 19.4 Å². The predicted octanol–water partition coefficient (Wildman–Crippen LogP) is 4.01. The molecule has 0 aliphatic carbocycles. The lowest BCUT2D eigenvalue weighted by Gasteiger charge is -2.21. The van der Waals surface area contributed by atoms with Gasteiger partial charge in [0.05, 0.1) is 22.0 Å². The average molecular weight is 366 g/mol. The van der Waals surface area contributed by atoms with Gasteiger partial charge < -0.3 is 10.2 Å². The minimum absolute atomic E-state index is 0.104. The maximum Gasteiger partial charge on any atom is 0.267 e. The first-order chi connectivity index (χ1) is 12.5. The van der Waals surface area contributed by atoms with Crippen LogP contribution in [0.25, 0.3) is 5.57 Å². The molecule has 5 nitrogen and oxygen atoms in total. The maximum absolute atomic E-state index is 12.9. The molecule has 2 amide bonds. The van der Waals surface area contributed by atoms with Crippen molar-refractivity contribution in [1.82, 2.24) is 0 Å². The molecule has 0 saturated carbocycles. The lowest BCUT2D eigenvalue weighted by molar-refractivity contribution is -0.115. The molecule has 0 atom stereocenters. The zero-order chi connectivity index (χ0) is 18.8. The first kappa shape index (κ1) is 17.7. The first-order valence-electron chi connectivity index (χ1n) is 8.09. The van der Waals surface area contributed by atoms with Crippen LogP contribution in [0.15, 0.2) is 54.1 Å². The molecule has 0 radical (unpaired) electrons. The number of hydrogen-bond donors (Lipinski definition) is 1. The van der Waals surface area contributed by atoms with E-state index in [9.17, 15) is 14.9 Å². The molecule has 2 aromatic rings. The molecule has 1 heterocycles. The average Bonchev–Trinajstić information content (AvgIpc) is 2.90. The minimum Gasteiger partial charge on any atom is -0.320 e. The number of benzene rings is 2. The summed E-state index contributed by atoms with van der Waals surface area (Å²) in [5.74, 6) is -1.02. The number of carbonyl (C=O) groups excluding carboxylic acids is 2. The Labute approximate surface area is 156 Å². The molecule has 26 heavy (non-hydrogen) atoms. The molecule has 130 valence electrons. The fourth-order valence-corrected chi connectivity index (χ4v) is 3.15. The van der Waals surface area contributed by atoms with Gasteiger partial charge in [0.25, 0.3) is 11.8 Å². The van der Waals surface area contributed by atoms with Crippen molar-refractivity contribution in [3.05, 3.63) is 64.7 Å². The van der Waals surface area contributed by atoms with Crippen molar-refractivity contribution in [2.45, 2.75) is 19.9 Å². The third-order valence-corrected chi connectivity index (χ3v) is 4.42. The van der Waals surface area contributed by atoms with Gasteiger partial charge in [-0.05, 0) is 32.0 Å². The highest BCUT2D eigenvalue weighted by atomic mass is 35.5. The van der Waals surface area contributed by atoms with E-state index >= 15 is 0 Å². The fraction of sp³-hybridized carbons (Fsp3) is 0.150. The molecule has 0 saturated heterocycles. The summed E-state index contributed by atoms with van der Waals surface area (Å²) in [5, 5.41) is 12.6. The molecule has 6 heteroatoms. The summed E-state index contributed by atoms with van der Waals surface area (Å²) in [6, 6.07) is 15.6. The van der Waals surface area contributed by atoms with E-state index in [-0.39, 0.29) is 23.1 Å². The first-order valence-corrected chi connectivity index (χ1v) is 8.46. The lowest BCUT2D eigenvalue weighted by Crippen LogP contribution is -2.33. The Morgan fingerprint density at radius 2 is 1.81 bits per heavy atom. The largest absolute Gasteiger partial charge is 0.320 e. The Hall–Kier alpha value is -3.10. The Morgan fingerprint density at radius 1 is 1.15 bits per heavy atom. The number of para-hydroxylation sites is 2. The van der Waals surface area contributed by atoms with Crippen molar-refractivity contribution in [2.24, 2.45) is 0 Å². The van der Waals surface area contributed by atoms with E-state index in [4.69, 9.17) is 11.6 Å². The molecular weight excluding hydrogens is 350 g/mol. The molecule has 1 aliphatic rings. The minimum atomic E-state index is -0.663. The zero-order valence-electron chi connectivity index (χ0n) is 14.3. The third-order valence-electron chi connectivity index (χ3n) is 4.09. The van der Waals surface area contributed by atoms with Gasteiger partial charge in [0.2, 0.25) is 0 Å². The highest BCUT2D eigenvalue weighted by molar-refractivity contribution is 6.38. The van der Waals surface area contributed by atoms with E-state index in [1.54, 1.807) is 47.4 Å². The lowest BCUT2D eigenvalue weighted by atomic mass is 10.0.